The van der Waals surface area contributed by atoms with E-state index in [-0.39, 0.29) is 28.0 Å². The number of nitrogens with zero attached hydrogens (tertiary/aromatic N) is 3. The first-order chi connectivity index (χ1) is 17.6. The van der Waals surface area contributed by atoms with E-state index in [9.17, 15) is 32.3 Å². The third-order valence-electron chi connectivity index (χ3n) is 5.62. The number of carboxylic acid groups (broad SMARTS) is 1. The SMILES string of the molecule is O=C(O)CC(NC(=O)C1N(C(=O)c2ccc(Cl)nc2)CCN1S(=O)(=O)c1cccs1)c1ccc(F)cc1. The molecule has 1 aliphatic heterocycles. The van der Waals surface area contributed by atoms with Crippen LogP contribution in [-0.2, 0) is 19.6 Å². The maximum absolute atomic E-state index is 13.6. The first-order valence-electron chi connectivity index (χ1n) is 10.8. The number of amides is 2. The minimum Gasteiger partial charge on any atom is -0.481 e. The van der Waals surface area contributed by atoms with Gasteiger partial charge < -0.3 is 15.3 Å². The highest BCUT2D eigenvalue weighted by molar-refractivity contribution is 7.91. The van der Waals surface area contributed by atoms with Crippen molar-refractivity contribution >= 4 is 50.7 Å². The van der Waals surface area contributed by atoms with Crippen LogP contribution in [0.15, 0.2) is 64.3 Å². The number of aliphatic carboxylic acids is 1. The molecule has 3 heterocycles. The Morgan fingerprint density at radius 1 is 1.16 bits per heavy atom. The highest BCUT2D eigenvalue weighted by Crippen LogP contribution is 2.29. The van der Waals surface area contributed by atoms with Crippen LogP contribution in [-0.4, -0.2) is 64.8 Å². The second-order valence-corrected chi connectivity index (χ2v) is 11.5. The topological polar surface area (TPSA) is 137 Å². The van der Waals surface area contributed by atoms with Crippen LogP contribution >= 0.6 is 22.9 Å². The Labute approximate surface area is 220 Å². The summed E-state index contributed by atoms with van der Waals surface area (Å²) in [5.41, 5.74) is 0.376. The predicted octanol–water partition coefficient (Wildman–Crippen LogP) is 2.74. The molecule has 1 aromatic carbocycles. The van der Waals surface area contributed by atoms with Gasteiger partial charge in [-0.15, -0.1) is 11.3 Å². The summed E-state index contributed by atoms with van der Waals surface area (Å²) in [5, 5.41) is 13.6. The van der Waals surface area contributed by atoms with Crippen LogP contribution in [0.3, 0.4) is 0 Å². The third kappa shape index (κ3) is 5.80. The lowest BCUT2D eigenvalue weighted by Crippen LogP contribution is -2.54. The number of hydrogen-bond donors (Lipinski definition) is 2. The molecule has 3 aromatic rings. The highest BCUT2D eigenvalue weighted by atomic mass is 35.5. The molecule has 37 heavy (non-hydrogen) atoms. The Morgan fingerprint density at radius 2 is 1.89 bits per heavy atom. The first-order valence-corrected chi connectivity index (χ1v) is 13.5. The number of sulfonamides is 1. The molecule has 0 saturated carbocycles. The zero-order valence-corrected chi connectivity index (χ0v) is 21.3. The molecule has 2 amide bonds. The monoisotopic (exact) mass is 566 g/mol. The Hall–Kier alpha value is -3.39. The van der Waals surface area contributed by atoms with Gasteiger partial charge in [0, 0.05) is 19.3 Å². The molecule has 194 valence electrons. The molecule has 2 aromatic heterocycles. The summed E-state index contributed by atoms with van der Waals surface area (Å²) >= 11 is 6.76. The number of benzene rings is 1. The second kappa shape index (κ2) is 10.9. The normalized spacial score (nSPS) is 16.9. The summed E-state index contributed by atoms with van der Waals surface area (Å²) in [7, 11) is -4.18. The molecular weight excluding hydrogens is 547 g/mol. The maximum Gasteiger partial charge on any atom is 0.305 e. The van der Waals surface area contributed by atoms with Gasteiger partial charge in [-0.2, -0.15) is 4.31 Å². The summed E-state index contributed by atoms with van der Waals surface area (Å²) in [4.78, 5) is 43.4. The van der Waals surface area contributed by atoms with Gasteiger partial charge in [-0.05, 0) is 41.3 Å². The van der Waals surface area contributed by atoms with Crippen LogP contribution in [0, 0.1) is 5.82 Å². The Morgan fingerprint density at radius 3 is 2.49 bits per heavy atom. The number of halogens is 2. The van der Waals surface area contributed by atoms with E-state index in [0.29, 0.717) is 5.56 Å². The van der Waals surface area contributed by atoms with Crippen molar-refractivity contribution in [3.05, 3.63) is 82.2 Å². The van der Waals surface area contributed by atoms with Crippen molar-refractivity contribution in [3.63, 3.8) is 0 Å². The summed E-state index contributed by atoms with van der Waals surface area (Å²) < 4.78 is 41.1. The zero-order chi connectivity index (χ0) is 26.7. The van der Waals surface area contributed by atoms with E-state index < -0.39 is 52.3 Å². The van der Waals surface area contributed by atoms with Crippen LogP contribution in [0.5, 0.6) is 0 Å². The Kier molecular flexibility index (Phi) is 7.87. The molecule has 1 aliphatic rings. The molecule has 4 rings (SSSR count). The van der Waals surface area contributed by atoms with E-state index >= 15 is 0 Å². The first kappa shape index (κ1) is 26.7. The molecule has 0 bridgehead atoms. The van der Waals surface area contributed by atoms with Crippen LogP contribution < -0.4 is 5.32 Å². The fourth-order valence-electron chi connectivity index (χ4n) is 3.91. The molecule has 1 fully saturated rings. The van der Waals surface area contributed by atoms with Crippen molar-refractivity contribution in [1.29, 1.82) is 0 Å². The van der Waals surface area contributed by atoms with Crippen molar-refractivity contribution in [2.75, 3.05) is 13.1 Å². The maximum atomic E-state index is 13.6. The van der Waals surface area contributed by atoms with Crippen LogP contribution in [0.25, 0.3) is 0 Å². The molecule has 0 radical (unpaired) electrons. The lowest BCUT2D eigenvalue weighted by molar-refractivity contribution is -0.138. The number of carbonyl (C=O) groups excluding carboxylic acids is 2. The van der Waals surface area contributed by atoms with Gasteiger partial charge in [0.25, 0.3) is 21.8 Å². The van der Waals surface area contributed by atoms with E-state index in [2.05, 4.69) is 10.3 Å². The van der Waals surface area contributed by atoms with E-state index in [0.717, 1.165) is 32.7 Å². The number of hydrogen-bond acceptors (Lipinski definition) is 7. The van der Waals surface area contributed by atoms with Crippen LogP contribution in [0.4, 0.5) is 4.39 Å². The number of carbonyl (C=O) groups is 3. The molecule has 10 nitrogen and oxygen atoms in total. The largest absolute Gasteiger partial charge is 0.481 e. The molecule has 2 unspecified atom stereocenters. The van der Waals surface area contributed by atoms with E-state index in [1.807, 2.05) is 0 Å². The molecule has 14 heteroatoms. The van der Waals surface area contributed by atoms with Crippen LogP contribution in [0.1, 0.15) is 28.4 Å². The smallest absolute Gasteiger partial charge is 0.305 e. The molecule has 1 saturated heterocycles. The Bertz CT molecular complexity index is 1400. The fraction of sp³-hybridized carbons (Fsp3) is 0.217. The minimum atomic E-state index is -4.18. The second-order valence-electron chi connectivity index (χ2n) is 8.00. The van der Waals surface area contributed by atoms with Crippen molar-refractivity contribution in [2.45, 2.75) is 22.8 Å². The van der Waals surface area contributed by atoms with E-state index in [1.54, 1.807) is 11.4 Å². The number of rotatable bonds is 8. The molecule has 0 aliphatic carbocycles. The average molecular weight is 567 g/mol. The van der Waals surface area contributed by atoms with E-state index in [1.165, 1.54) is 36.5 Å². The standard InChI is InChI=1S/C23H20ClFN4O6S2/c24-18-8-5-15(13-26-18)23(33)28-9-10-29(37(34,35)20-2-1-11-36-20)22(28)21(32)27-17(12-19(30)31)14-3-6-16(25)7-4-14/h1-8,11,13,17,22H,9-10,12H2,(H,27,32)(H,30,31). The van der Waals surface area contributed by atoms with E-state index in [4.69, 9.17) is 11.6 Å². The quantitative estimate of drug-likeness (QED) is 0.400. The number of pyridine rings is 1. The summed E-state index contributed by atoms with van der Waals surface area (Å²) in [6.45, 7) is -0.282. The number of aromatic nitrogens is 1. The van der Waals surface area contributed by atoms with Gasteiger partial charge >= 0.3 is 5.97 Å². The van der Waals surface area contributed by atoms with Gasteiger partial charge in [0.2, 0.25) is 0 Å². The lowest BCUT2D eigenvalue weighted by atomic mass is 10.0. The highest BCUT2D eigenvalue weighted by Gasteiger charge is 2.47. The molecule has 0 spiro atoms. The summed E-state index contributed by atoms with van der Waals surface area (Å²) in [5.74, 6) is -3.38. The molecule has 2 atom stereocenters. The third-order valence-corrected chi connectivity index (χ3v) is 9.07. The molecular formula is C23H20ClFN4O6S2. The van der Waals surface area contributed by atoms with Gasteiger partial charge in [-0.25, -0.2) is 17.8 Å². The van der Waals surface area contributed by atoms with Gasteiger partial charge in [-0.1, -0.05) is 29.8 Å². The number of carboxylic acids is 1. The fourth-order valence-corrected chi connectivity index (χ4v) is 6.68. The summed E-state index contributed by atoms with van der Waals surface area (Å²) in [6.07, 6.45) is -0.967. The van der Waals surface area contributed by atoms with Gasteiger partial charge in [-0.3, -0.25) is 14.4 Å². The average Bonchev–Trinajstić information content (AvgIpc) is 3.55. The minimum absolute atomic E-state index is 0.0200. The van der Waals surface area contributed by atoms with Gasteiger partial charge in [0.15, 0.2) is 6.17 Å². The lowest BCUT2D eigenvalue weighted by Gasteiger charge is -2.30. The van der Waals surface area contributed by atoms with Gasteiger partial charge in [0.05, 0.1) is 18.0 Å². The molecule has 2 N–H and O–H groups in total. The van der Waals surface area contributed by atoms with Crippen LogP contribution in [0.2, 0.25) is 5.15 Å². The van der Waals surface area contributed by atoms with Gasteiger partial charge in [0.1, 0.15) is 15.2 Å². The zero-order valence-electron chi connectivity index (χ0n) is 19.0. The predicted molar refractivity (Wildman–Crippen MR) is 132 cm³/mol. The van der Waals surface area contributed by atoms with Crippen molar-refractivity contribution in [3.8, 4) is 0 Å². The number of nitrogens with one attached hydrogen (secondary N) is 1. The van der Waals surface area contributed by atoms with Crippen molar-refractivity contribution in [2.24, 2.45) is 0 Å². The Balaban J connectivity index is 1.70. The summed E-state index contributed by atoms with van der Waals surface area (Å²) in [6, 6.07) is 9.46. The number of thiophene rings is 1. The van der Waals surface area contributed by atoms with Crippen molar-refractivity contribution < 1.29 is 32.3 Å². The van der Waals surface area contributed by atoms with Crippen molar-refractivity contribution in [1.82, 2.24) is 19.5 Å².